The fourth-order valence-electron chi connectivity index (χ4n) is 2.72. The average Bonchev–Trinajstić information content (AvgIpc) is 2.77. The van der Waals surface area contributed by atoms with E-state index in [-0.39, 0.29) is 10.6 Å². The quantitative estimate of drug-likeness (QED) is 0.473. The number of esters is 1. The molecule has 0 saturated carbocycles. The molecule has 2 N–H and O–H groups in total. The summed E-state index contributed by atoms with van der Waals surface area (Å²) in [4.78, 5) is 37.4. The third-order valence-electron chi connectivity index (χ3n) is 4.42. The average molecular weight is 499 g/mol. The molecular weight excluding hydrogens is 475 g/mol. The van der Waals surface area contributed by atoms with Crippen LogP contribution in [-0.2, 0) is 14.3 Å². The number of rotatable bonds is 10. The number of hydrogen-bond donors (Lipinski definition) is 2. The van der Waals surface area contributed by atoms with Gasteiger partial charge in [0.2, 0.25) is 0 Å². The Morgan fingerprint density at radius 3 is 2.50 bits per heavy atom. The fraction of sp³-hybridized carbons (Fsp3) is 0.318. The Morgan fingerprint density at radius 2 is 1.84 bits per heavy atom. The molecular formula is C22H24Cl2N2O5S. The predicted octanol–water partition coefficient (Wildman–Crippen LogP) is 4.34. The van der Waals surface area contributed by atoms with E-state index in [1.165, 1.54) is 18.9 Å². The first-order valence-electron chi connectivity index (χ1n) is 9.61. The van der Waals surface area contributed by atoms with Gasteiger partial charge in [0, 0.05) is 11.1 Å². The molecule has 2 aromatic rings. The smallest absolute Gasteiger partial charge is 0.329 e. The Bertz CT molecular complexity index is 987. The summed E-state index contributed by atoms with van der Waals surface area (Å²) >= 11 is 13.6. The number of hydrogen-bond acceptors (Lipinski definition) is 6. The highest BCUT2D eigenvalue weighted by atomic mass is 35.5. The van der Waals surface area contributed by atoms with Crippen LogP contribution in [0.4, 0.5) is 5.69 Å². The van der Waals surface area contributed by atoms with E-state index < -0.39 is 30.4 Å². The van der Waals surface area contributed by atoms with Crippen LogP contribution in [0.5, 0.6) is 5.75 Å². The van der Waals surface area contributed by atoms with Crippen LogP contribution in [0, 0.1) is 6.92 Å². The van der Waals surface area contributed by atoms with Gasteiger partial charge in [-0.3, -0.25) is 9.59 Å². The van der Waals surface area contributed by atoms with E-state index in [1.54, 1.807) is 43.3 Å². The Morgan fingerprint density at radius 1 is 1.12 bits per heavy atom. The molecule has 10 heteroatoms. The maximum Gasteiger partial charge on any atom is 0.329 e. The topological polar surface area (TPSA) is 93.7 Å². The highest BCUT2D eigenvalue weighted by Gasteiger charge is 2.24. The van der Waals surface area contributed by atoms with Crippen molar-refractivity contribution in [3.63, 3.8) is 0 Å². The highest BCUT2D eigenvalue weighted by Crippen LogP contribution is 2.30. The number of halogens is 2. The van der Waals surface area contributed by atoms with Gasteiger partial charge in [0.05, 0.1) is 23.4 Å². The number of nitrogens with one attached hydrogen (secondary N) is 2. The minimum atomic E-state index is -0.925. The zero-order valence-electron chi connectivity index (χ0n) is 17.9. The van der Waals surface area contributed by atoms with Gasteiger partial charge in [-0.2, -0.15) is 11.8 Å². The molecule has 1 unspecified atom stereocenters. The maximum absolute atomic E-state index is 12.6. The van der Waals surface area contributed by atoms with Gasteiger partial charge in [-0.15, -0.1) is 0 Å². The molecule has 0 aromatic heterocycles. The van der Waals surface area contributed by atoms with Gasteiger partial charge in [0.25, 0.3) is 11.8 Å². The first kappa shape index (κ1) is 25.8. The first-order valence-corrected chi connectivity index (χ1v) is 11.8. The van der Waals surface area contributed by atoms with Crippen molar-refractivity contribution < 1.29 is 23.9 Å². The lowest BCUT2D eigenvalue weighted by atomic mass is 10.1. The van der Waals surface area contributed by atoms with Crippen molar-refractivity contribution in [1.82, 2.24) is 5.32 Å². The van der Waals surface area contributed by atoms with Gasteiger partial charge in [-0.25, -0.2) is 4.79 Å². The molecule has 0 saturated heterocycles. The molecule has 0 aliphatic carbocycles. The SMILES string of the molecule is COc1cc(Cl)c(C)cc1NC(=O)COC(=O)C(CCSC)NC(=O)c1ccccc1Cl. The van der Waals surface area contributed by atoms with Gasteiger partial charge in [-0.1, -0.05) is 35.3 Å². The molecule has 0 fully saturated rings. The number of anilines is 1. The van der Waals surface area contributed by atoms with Crippen LogP contribution in [0.1, 0.15) is 22.3 Å². The van der Waals surface area contributed by atoms with E-state index in [4.69, 9.17) is 32.7 Å². The number of thioether (sulfide) groups is 1. The molecule has 7 nitrogen and oxygen atoms in total. The zero-order valence-corrected chi connectivity index (χ0v) is 20.2. The van der Waals surface area contributed by atoms with Crippen molar-refractivity contribution in [1.29, 1.82) is 0 Å². The van der Waals surface area contributed by atoms with Gasteiger partial charge in [-0.05, 0) is 49.1 Å². The number of carbonyl (C=O) groups is 3. The van der Waals surface area contributed by atoms with Crippen LogP contribution >= 0.6 is 35.0 Å². The maximum atomic E-state index is 12.6. The van der Waals surface area contributed by atoms with Crippen molar-refractivity contribution in [2.75, 3.05) is 31.0 Å². The fourth-order valence-corrected chi connectivity index (χ4v) is 3.57. The van der Waals surface area contributed by atoms with E-state index in [0.29, 0.717) is 28.6 Å². The van der Waals surface area contributed by atoms with Crippen LogP contribution in [-0.4, -0.2) is 49.6 Å². The third-order valence-corrected chi connectivity index (χ3v) is 5.80. The first-order chi connectivity index (χ1) is 15.3. The molecule has 0 aliphatic rings. The van der Waals surface area contributed by atoms with Gasteiger partial charge < -0.3 is 20.1 Å². The molecule has 1 atom stereocenters. The lowest BCUT2D eigenvalue weighted by Crippen LogP contribution is -2.43. The normalized spacial score (nSPS) is 11.4. The van der Waals surface area contributed by atoms with Crippen LogP contribution < -0.4 is 15.4 Å². The summed E-state index contributed by atoms with van der Waals surface area (Å²) in [5, 5.41) is 6.04. The molecule has 0 bridgehead atoms. The van der Waals surface area contributed by atoms with Gasteiger partial charge >= 0.3 is 5.97 Å². The van der Waals surface area contributed by atoms with E-state index >= 15 is 0 Å². The van der Waals surface area contributed by atoms with Crippen LogP contribution in [0.25, 0.3) is 0 Å². The Hall–Kier alpha value is -2.42. The predicted molar refractivity (Wildman–Crippen MR) is 128 cm³/mol. The van der Waals surface area contributed by atoms with Crippen molar-refractivity contribution in [3.05, 3.63) is 57.6 Å². The molecule has 2 aromatic carbocycles. The molecule has 2 rings (SSSR count). The molecule has 0 spiro atoms. The Balaban J connectivity index is 2.00. The second kappa shape index (κ2) is 12.6. The number of ether oxygens (including phenoxy) is 2. The zero-order chi connectivity index (χ0) is 23.7. The van der Waals surface area contributed by atoms with Gasteiger partial charge in [0.15, 0.2) is 6.61 Å². The van der Waals surface area contributed by atoms with E-state index in [1.807, 2.05) is 6.26 Å². The number of carbonyl (C=O) groups excluding carboxylic acids is 3. The summed E-state index contributed by atoms with van der Waals surface area (Å²) in [6.45, 7) is 1.26. The van der Waals surface area contributed by atoms with Crippen LogP contribution in [0.2, 0.25) is 10.0 Å². The lowest BCUT2D eigenvalue weighted by Gasteiger charge is -2.18. The summed E-state index contributed by atoms with van der Waals surface area (Å²) in [5.74, 6) is -0.779. The summed E-state index contributed by atoms with van der Waals surface area (Å²) in [7, 11) is 1.45. The Kier molecular flexibility index (Phi) is 10.2. The summed E-state index contributed by atoms with van der Waals surface area (Å²) in [5.41, 5.74) is 1.40. The number of amides is 2. The van der Waals surface area contributed by atoms with Gasteiger partial charge in [0.1, 0.15) is 11.8 Å². The van der Waals surface area contributed by atoms with Crippen LogP contribution in [0.3, 0.4) is 0 Å². The number of benzene rings is 2. The summed E-state index contributed by atoms with van der Waals surface area (Å²) in [6.07, 6.45) is 2.22. The number of methoxy groups -OCH3 is 1. The van der Waals surface area contributed by atoms with E-state index in [9.17, 15) is 14.4 Å². The van der Waals surface area contributed by atoms with Crippen molar-refractivity contribution in [3.8, 4) is 5.75 Å². The largest absolute Gasteiger partial charge is 0.495 e. The monoisotopic (exact) mass is 498 g/mol. The molecule has 0 heterocycles. The molecule has 0 aliphatic heterocycles. The molecule has 32 heavy (non-hydrogen) atoms. The van der Waals surface area contributed by atoms with Crippen molar-refractivity contribution in [2.24, 2.45) is 0 Å². The highest BCUT2D eigenvalue weighted by molar-refractivity contribution is 7.98. The standard InChI is InChI=1S/C22H24Cl2N2O5S/c1-13-10-18(19(30-2)11-16(13)24)25-20(27)12-31-22(29)17(8-9-32-3)26-21(28)14-6-4-5-7-15(14)23/h4-7,10-11,17H,8-9,12H2,1-3H3,(H,25,27)(H,26,28). The molecule has 2 amide bonds. The van der Waals surface area contributed by atoms with E-state index in [2.05, 4.69) is 10.6 Å². The molecule has 0 radical (unpaired) electrons. The minimum absolute atomic E-state index is 0.249. The number of aryl methyl sites for hydroxylation is 1. The summed E-state index contributed by atoms with van der Waals surface area (Å²) < 4.78 is 10.4. The lowest BCUT2D eigenvalue weighted by molar-refractivity contribution is -0.149. The third kappa shape index (κ3) is 7.32. The van der Waals surface area contributed by atoms with Crippen molar-refractivity contribution in [2.45, 2.75) is 19.4 Å². The van der Waals surface area contributed by atoms with E-state index in [0.717, 1.165) is 5.56 Å². The Labute approximate surface area is 201 Å². The summed E-state index contributed by atoms with van der Waals surface area (Å²) in [6, 6.07) is 8.84. The molecule has 172 valence electrons. The van der Waals surface area contributed by atoms with Crippen molar-refractivity contribution >= 4 is 58.4 Å². The minimum Gasteiger partial charge on any atom is -0.495 e. The van der Waals surface area contributed by atoms with Crippen LogP contribution in [0.15, 0.2) is 36.4 Å². The second-order valence-corrected chi connectivity index (χ2v) is 8.54. The second-order valence-electron chi connectivity index (χ2n) is 6.74.